The van der Waals surface area contributed by atoms with E-state index in [0.29, 0.717) is 0 Å². The van der Waals surface area contributed by atoms with Gasteiger partial charge in [-0.25, -0.2) is 0 Å². The largest absolute Gasteiger partial charge is 0.324 e. The number of hydrogen-bond donors (Lipinski definition) is 0. The van der Waals surface area contributed by atoms with Crippen LogP contribution in [-0.4, -0.2) is 4.40 Å². The lowest BCUT2D eigenvalue weighted by Gasteiger charge is -1.99. The van der Waals surface area contributed by atoms with Crippen LogP contribution >= 0.6 is 0 Å². The molecule has 2 heterocycles. The molecule has 0 atom stereocenters. The van der Waals surface area contributed by atoms with E-state index in [4.69, 9.17) is 0 Å². The summed E-state index contributed by atoms with van der Waals surface area (Å²) in [7, 11) is 0. The second-order valence-electron chi connectivity index (χ2n) is 3.98. The minimum atomic E-state index is 0.734. The summed E-state index contributed by atoms with van der Waals surface area (Å²) in [4.78, 5) is 0. The van der Waals surface area contributed by atoms with Gasteiger partial charge in [0.2, 0.25) is 0 Å². The maximum absolute atomic E-state index is 2.26. The van der Waals surface area contributed by atoms with Gasteiger partial charge in [0, 0.05) is 17.9 Å². The van der Waals surface area contributed by atoms with E-state index in [1.165, 1.54) is 17.5 Å². The monoisotopic (exact) mass is 173 g/mol. The molecule has 0 unspecified atom stereocenters. The molecule has 0 spiro atoms. The molecule has 13 heavy (non-hydrogen) atoms. The molecular weight excluding hydrogens is 158 g/mol. The first-order valence-electron chi connectivity index (χ1n) is 4.81. The van der Waals surface area contributed by atoms with E-state index in [0.717, 1.165) is 5.92 Å². The topological polar surface area (TPSA) is 4.41 Å². The van der Waals surface area contributed by atoms with Crippen LogP contribution in [-0.2, 0) is 6.42 Å². The lowest BCUT2D eigenvalue weighted by atomic mass is 10.1. The summed E-state index contributed by atoms with van der Waals surface area (Å²) < 4.78 is 2.18. The first-order chi connectivity index (χ1) is 6.25. The van der Waals surface area contributed by atoms with Crippen LogP contribution in [0.1, 0.15) is 19.4 Å². The Kier molecular flexibility index (Phi) is 2.09. The van der Waals surface area contributed by atoms with Crippen molar-refractivity contribution in [1.82, 2.24) is 4.40 Å². The van der Waals surface area contributed by atoms with Gasteiger partial charge in [0.25, 0.3) is 0 Å². The highest BCUT2D eigenvalue weighted by Gasteiger charge is 2.00. The van der Waals surface area contributed by atoms with Crippen molar-refractivity contribution >= 4 is 5.52 Å². The fourth-order valence-corrected chi connectivity index (χ4v) is 1.70. The Hall–Kier alpha value is -1.24. The number of pyridine rings is 1. The third-order valence-corrected chi connectivity index (χ3v) is 2.21. The summed E-state index contributed by atoms with van der Waals surface area (Å²) in [6.07, 6.45) is 5.48. The lowest BCUT2D eigenvalue weighted by molar-refractivity contribution is 0.647. The molecule has 0 aliphatic rings. The van der Waals surface area contributed by atoms with Gasteiger partial charge in [0.05, 0.1) is 0 Å². The van der Waals surface area contributed by atoms with E-state index in [1.807, 2.05) is 0 Å². The van der Waals surface area contributed by atoms with Gasteiger partial charge >= 0.3 is 0 Å². The fraction of sp³-hybridized carbons (Fsp3) is 0.333. The van der Waals surface area contributed by atoms with Crippen molar-refractivity contribution in [2.45, 2.75) is 20.3 Å². The molecule has 2 aromatic heterocycles. The van der Waals surface area contributed by atoms with E-state index < -0.39 is 0 Å². The van der Waals surface area contributed by atoms with Crippen LogP contribution < -0.4 is 0 Å². The maximum atomic E-state index is 2.26. The van der Waals surface area contributed by atoms with Crippen molar-refractivity contribution in [2.75, 3.05) is 0 Å². The zero-order chi connectivity index (χ0) is 9.26. The summed E-state index contributed by atoms with van der Waals surface area (Å²) in [6.45, 7) is 4.50. The molecule has 1 heteroatoms. The SMILES string of the molecule is CC(C)Cc1cc2ccccn2c1. The van der Waals surface area contributed by atoms with Crippen LogP contribution in [0.5, 0.6) is 0 Å². The summed E-state index contributed by atoms with van der Waals surface area (Å²) in [5, 5.41) is 0. The van der Waals surface area contributed by atoms with Crippen LogP contribution in [0.4, 0.5) is 0 Å². The molecule has 0 saturated carbocycles. The summed E-state index contributed by atoms with van der Waals surface area (Å²) in [5.41, 5.74) is 2.72. The highest BCUT2D eigenvalue weighted by atomic mass is 14.8. The van der Waals surface area contributed by atoms with E-state index in [1.54, 1.807) is 0 Å². The molecule has 0 radical (unpaired) electrons. The average molecular weight is 173 g/mol. The van der Waals surface area contributed by atoms with Gasteiger partial charge in [-0.05, 0) is 36.1 Å². The van der Waals surface area contributed by atoms with Crippen molar-refractivity contribution in [3.05, 3.63) is 42.2 Å². The molecule has 0 amide bonds. The van der Waals surface area contributed by atoms with Gasteiger partial charge < -0.3 is 4.40 Å². The number of rotatable bonds is 2. The van der Waals surface area contributed by atoms with Crippen molar-refractivity contribution in [2.24, 2.45) is 5.92 Å². The third kappa shape index (κ3) is 1.74. The molecule has 2 aromatic rings. The molecule has 0 aromatic carbocycles. The van der Waals surface area contributed by atoms with Gasteiger partial charge in [-0.1, -0.05) is 19.9 Å². The van der Waals surface area contributed by atoms with Gasteiger partial charge in [0.1, 0.15) is 0 Å². The molecule has 2 rings (SSSR count). The van der Waals surface area contributed by atoms with E-state index in [2.05, 4.69) is 54.9 Å². The zero-order valence-corrected chi connectivity index (χ0v) is 8.20. The van der Waals surface area contributed by atoms with Gasteiger partial charge in [-0.2, -0.15) is 0 Å². The minimum Gasteiger partial charge on any atom is -0.324 e. The lowest BCUT2D eigenvalue weighted by Crippen LogP contribution is -1.91. The highest BCUT2D eigenvalue weighted by Crippen LogP contribution is 2.13. The molecule has 68 valence electrons. The number of aromatic nitrogens is 1. The Bertz CT molecular complexity index is 365. The fourth-order valence-electron chi connectivity index (χ4n) is 1.70. The number of nitrogens with zero attached hydrogens (tertiary/aromatic N) is 1. The van der Waals surface area contributed by atoms with Crippen LogP contribution in [0, 0.1) is 5.92 Å². The normalized spacial score (nSPS) is 11.3. The van der Waals surface area contributed by atoms with E-state index >= 15 is 0 Å². The van der Waals surface area contributed by atoms with Gasteiger partial charge in [-0.15, -0.1) is 0 Å². The smallest absolute Gasteiger partial charge is 0.0452 e. The first kappa shape index (κ1) is 8.36. The number of hydrogen-bond acceptors (Lipinski definition) is 0. The third-order valence-electron chi connectivity index (χ3n) is 2.21. The van der Waals surface area contributed by atoms with Crippen LogP contribution in [0.15, 0.2) is 36.7 Å². The Morgan fingerprint density at radius 1 is 1.31 bits per heavy atom. The van der Waals surface area contributed by atoms with Gasteiger partial charge in [-0.3, -0.25) is 0 Å². The van der Waals surface area contributed by atoms with E-state index in [-0.39, 0.29) is 0 Å². The van der Waals surface area contributed by atoms with Crippen LogP contribution in [0.25, 0.3) is 5.52 Å². The molecule has 1 nitrogen and oxygen atoms in total. The Morgan fingerprint density at radius 2 is 2.15 bits per heavy atom. The summed E-state index contributed by atoms with van der Waals surface area (Å²) in [6, 6.07) is 8.55. The van der Waals surface area contributed by atoms with Gasteiger partial charge in [0.15, 0.2) is 0 Å². The minimum absolute atomic E-state index is 0.734. The standard InChI is InChI=1S/C12H15N/c1-10(2)7-11-8-12-5-3-4-6-13(12)9-11/h3-6,8-10H,7H2,1-2H3. The molecule has 0 N–H and O–H groups in total. The van der Waals surface area contributed by atoms with Crippen molar-refractivity contribution < 1.29 is 0 Å². The first-order valence-corrected chi connectivity index (χ1v) is 4.81. The predicted octanol–water partition coefficient (Wildman–Crippen LogP) is 3.14. The maximum Gasteiger partial charge on any atom is 0.0452 e. The van der Waals surface area contributed by atoms with Crippen molar-refractivity contribution in [1.29, 1.82) is 0 Å². The Labute approximate surface area is 79.0 Å². The second kappa shape index (κ2) is 3.25. The van der Waals surface area contributed by atoms with Crippen molar-refractivity contribution in [3.8, 4) is 0 Å². The molecule has 0 aliphatic carbocycles. The molecule has 0 aliphatic heterocycles. The second-order valence-corrected chi connectivity index (χ2v) is 3.98. The quantitative estimate of drug-likeness (QED) is 0.657. The Balaban J connectivity index is 2.38. The summed E-state index contributed by atoms with van der Waals surface area (Å²) in [5.74, 6) is 0.734. The zero-order valence-electron chi connectivity index (χ0n) is 8.20. The average Bonchev–Trinajstić information content (AvgIpc) is 2.44. The van der Waals surface area contributed by atoms with Crippen molar-refractivity contribution in [3.63, 3.8) is 0 Å². The molecule has 0 bridgehead atoms. The molecular formula is C12H15N. The molecule has 0 fully saturated rings. The molecule has 0 saturated heterocycles. The Morgan fingerprint density at radius 3 is 2.85 bits per heavy atom. The van der Waals surface area contributed by atoms with Crippen LogP contribution in [0.3, 0.4) is 0 Å². The number of fused-ring (bicyclic) bond motifs is 1. The summed E-state index contributed by atoms with van der Waals surface area (Å²) >= 11 is 0. The van der Waals surface area contributed by atoms with E-state index in [9.17, 15) is 0 Å². The van der Waals surface area contributed by atoms with Crippen LogP contribution in [0.2, 0.25) is 0 Å². The predicted molar refractivity (Wildman–Crippen MR) is 55.9 cm³/mol. The highest BCUT2D eigenvalue weighted by molar-refractivity contribution is 5.50.